The second kappa shape index (κ2) is 3.59. The van der Waals surface area contributed by atoms with Gasteiger partial charge in [-0.15, -0.1) is 11.3 Å². The van der Waals surface area contributed by atoms with Crippen LogP contribution in [0.1, 0.15) is 10.4 Å². The van der Waals surface area contributed by atoms with Gasteiger partial charge in [0, 0.05) is 4.70 Å². The fourth-order valence-electron chi connectivity index (χ4n) is 1.19. The van der Waals surface area contributed by atoms with Crippen molar-refractivity contribution < 1.29 is 14.3 Å². The summed E-state index contributed by atoms with van der Waals surface area (Å²) in [4.78, 5) is 21.1. The fourth-order valence-corrected chi connectivity index (χ4v) is 2.02. The van der Waals surface area contributed by atoms with Crippen LogP contribution in [0.3, 0.4) is 0 Å². The zero-order valence-corrected chi connectivity index (χ0v) is 7.91. The van der Waals surface area contributed by atoms with Crippen LogP contribution in [-0.4, -0.2) is 12.4 Å². The second-order valence-corrected chi connectivity index (χ2v) is 3.62. The third-order valence-electron chi connectivity index (χ3n) is 1.85. The Morgan fingerprint density at radius 3 is 3.00 bits per heavy atom. The van der Waals surface area contributed by atoms with Gasteiger partial charge in [0.25, 0.3) is 0 Å². The van der Waals surface area contributed by atoms with Gasteiger partial charge in [0.15, 0.2) is 0 Å². The quantitative estimate of drug-likeness (QED) is 0.430. The van der Waals surface area contributed by atoms with Crippen LogP contribution in [0, 0.1) is 0 Å². The summed E-state index contributed by atoms with van der Waals surface area (Å²) in [5.41, 5.74) is 0.395. The van der Waals surface area contributed by atoms with Gasteiger partial charge >= 0.3 is 12.4 Å². The largest absolute Gasteiger partial charge is 0.392 e. The van der Waals surface area contributed by atoms with E-state index in [1.54, 1.807) is 23.5 Å². The molecule has 0 amide bonds. The van der Waals surface area contributed by atoms with Crippen molar-refractivity contribution in [2.24, 2.45) is 0 Å². The highest BCUT2D eigenvalue weighted by atomic mass is 32.1. The monoisotopic (exact) mass is 206 g/mol. The highest BCUT2D eigenvalue weighted by Crippen LogP contribution is 2.21. The van der Waals surface area contributed by atoms with Gasteiger partial charge in [0.2, 0.25) is 0 Å². The molecule has 0 saturated heterocycles. The van der Waals surface area contributed by atoms with Crippen molar-refractivity contribution >= 4 is 33.9 Å². The molecule has 0 radical (unpaired) electrons. The molecule has 1 aromatic heterocycles. The number of rotatable bonds is 2. The molecule has 0 N–H and O–H groups in total. The molecular weight excluding hydrogens is 200 g/mol. The molecule has 70 valence electrons. The topological polar surface area (TPSA) is 43.4 Å². The minimum atomic E-state index is -0.615. The van der Waals surface area contributed by atoms with Crippen LogP contribution >= 0.6 is 11.3 Å². The highest BCUT2D eigenvalue weighted by Gasteiger charge is 2.07. The van der Waals surface area contributed by atoms with Crippen molar-refractivity contribution in [3.63, 3.8) is 0 Å². The number of fused-ring (bicyclic) bond motifs is 1. The summed E-state index contributed by atoms with van der Waals surface area (Å²) in [7, 11) is 0. The number of thiophene rings is 1. The molecule has 2 aromatic rings. The fraction of sp³-hybridized carbons (Fsp3) is 0. The van der Waals surface area contributed by atoms with Crippen LogP contribution in [0.2, 0.25) is 0 Å². The van der Waals surface area contributed by atoms with Gasteiger partial charge in [-0.25, -0.2) is 4.79 Å². The van der Waals surface area contributed by atoms with Gasteiger partial charge in [-0.1, -0.05) is 6.07 Å². The Morgan fingerprint density at radius 2 is 2.21 bits per heavy atom. The lowest BCUT2D eigenvalue weighted by molar-refractivity contribution is -0.123. The van der Waals surface area contributed by atoms with E-state index in [0.29, 0.717) is 5.56 Å². The van der Waals surface area contributed by atoms with Crippen LogP contribution < -0.4 is 0 Å². The van der Waals surface area contributed by atoms with E-state index in [4.69, 9.17) is 0 Å². The van der Waals surface area contributed by atoms with Crippen LogP contribution in [0.4, 0.5) is 0 Å². The number of esters is 1. The molecule has 3 nitrogen and oxygen atoms in total. The molecule has 0 spiro atoms. The first kappa shape index (κ1) is 8.90. The molecule has 0 bridgehead atoms. The van der Waals surface area contributed by atoms with Crippen LogP contribution in [0.15, 0.2) is 29.6 Å². The van der Waals surface area contributed by atoms with Crippen molar-refractivity contribution in [2.45, 2.75) is 0 Å². The summed E-state index contributed by atoms with van der Waals surface area (Å²) in [5.74, 6) is -0.615. The standard InChI is InChI=1S/C10H6O3S/c11-6-13-10(12)8-2-1-7-3-4-14-9(7)5-8/h1-6H. The predicted octanol–water partition coefficient (Wildman–Crippen LogP) is 2.21. The van der Waals surface area contributed by atoms with Crippen molar-refractivity contribution in [1.29, 1.82) is 0 Å². The number of hydrogen-bond donors (Lipinski definition) is 0. The lowest BCUT2D eigenvalue weighted by atomic mass is 10.2. The molecule has 0 aliphatic rings. The molecule has 0 aliphatic carbocycles. The van der Waals surface area contributed by atoms with Crippen molar-refractivity contribution in [2.75, 3.05) is 0 Å². The Hall–Kier alpha value is -1.68. The first-order valence-electron chi connectivity index (χ1n) is 3.93. The molecule has 0 atom stereocenters. The molecule has 0 fully saturated rings. The molecule has 1 heterocycles. The van der Waals surface area contributed by atoms with E-state index in [-0.39, 0.29) is 6.47 Å². The Morgan fingerprint density at radius 1 is 1.36 bits per heavy atom. The molecule has 4 heteroatoms. The van der Waals surface area contributed by atoms with Gasteiger partial charge in [0.05, 0.1) is 5.56 Å². The minimum Gasteiger partial charge on any atom is -0.392 e. The van der Waals surface area contributed by atoms with Gasteiger partial charge in [-0.3, -0.25) is 4.79 Å². The van der Waals surface area contributed by atoms with Crippen molar-refractivity contribution in [1.82, 2.24) is 0 Å². The van der Waals surface area contributed by atoms with E-state index >= 15 is 0 Å². The summed E-state index contributed by atoms with van der Waals surface area (Å²) in [6.45, 7) is 0.140. The third-order valence-corrected chi connectivity index (χ3v) is 2.73. The smallest absolute Gasteiger partial charge is 0.345 e. The van der Waals surface area contributed by atoms with E-state index in [0.717, 1.165) is 10.1 Å². The van der Waals surface area contributed by atoms with Crippen LogP contribution in [-0.2, 0) is 9.53 Å². The summed E-state index contributed by atoms with van der Waals surface area (Å²) in [5, 5.41) is 3.03. The summed E-state index contributed by atoms with van der Waals surface area (Å²) < 4.78 is 5.24. The zero-order valence-electron chi connectivity index (χ0n) is 7.10. The average Bonchev–Trinajstić information content (AvgIpc) is 2.64. The molecular formula is C10H6O3S. The first-order chi connectivity index (χ1) is 6.81. The Balaban J connectivity index is 2.43. The lowest BCUT2D eigenvalue weighted by Gasteiger charge is -1.96. The SMILES string of the molecule is O=COC(=O)c1ccc2ccsc2c1. The third kappa shape index (κ3) is 1.52. The summed E-state index contributed by atoms with van der Waals surface area (Å²) in [6, 6.07) is 7.15. The van der Waals surface area contributed by atoms with E-state index in [1.165, 1.54) is 0 Å². The predicted molar refractivity (Wildman–Crippen MR) is 53.3 cm³/mol. The Labute approximate surface area is 83.9 Å². The van der Waals surface area contributed by atoms with E-state index < -0.39 is 5.97 Å². The van der Waals surface area contributed by atoms with Crippen LogP contribution in [0.25, 0.3) is 10.1 Å². The zero-order chi connectivity index (χ0) is 9.97. The van der Waals surface area contributed by atoms with Crippen LogP contribution in [0.5, 0.6) is 0 Å². The minimum absolute atomic E-state index is 0.140. The Bertz CT molecular complexity index is 487. The summed E-state index contributed by atoms with van der Waals surface area (Å²) >= 11 is 1.54. The summed E-state index contributed by atoms with van der Waals surface area (Å²) in [6.07, 6.45) is 0. The maximum Gasteiger partial charge on any atom is 0.345 e. The Kier molecular flexibility index (Phi) is 2.28. The van der Waals surface area contributed by atoms with Gasteiger partial charge in [-0.05, 0) is 29.0 Å². The number of ether oxygens (including phenoxy) is 1. The van der Waals surface area contributed by atoms with E-state index in [2.05, 4.69) is 4.74 Å². The van der Waals surface area contributed by atoms with Gasteiger partial charge < -0.3 is 4.74 Å². The molecule has 2 rings (SSSR count). The average molecular weight is 206 g/mol. The van der Waals surface area contributed by atoms with Gasteiger partial charge in [-0.2, -0.15) is 0 Å². The van der Waals surface area contributed by atoms with E-state index in [1.807, 2.05) is 17.5 Å². The normalized spacial score (nSPS) is 10.0. The lowest BCUT2D eigenvalue weighted by Crippen LogP contribution is -2.02. The number of carbonyl (C=O) groups excluding carboxylic acids is 2. The molecule has 0 aliphatic heterocycles. The van der Waals surface area contributed by atoms with E-state index in [9.17, 15) is 9.59 Å². The van der Waals surface area contributed by atoms with Crippen molar-refractivity contribution in [3.8, 4) is 0 Å². The maximum atomic E-state index is 11.2. The van der Waals surface area contributed by atoms with Crippen molar-refractivity contribution in [3.05, 3.63) is 35.2 Å². The highest BCUT2D eigenvalue weighted by molar-refractivity contribution is 7.17. The molecule has 0 saturated carbocycles. The number of carbonyl (C=O) groups is 2. The molecule has 14 heavy (non-hydrogen) atoms. The second-order valence-electron chi connectivity index (χ2n) is 2.67. The number of hydrogen-bond acceptors (Lipinski definition) is 4. The maximum absolute atomic E-state index is 11.2. The first-order valence-corrected chi connectivity index (χ1v) is 4.81. The van der Waals surface area contributed by atoms with Gasteiger partial charge in [0.1, 0.15) is 0 Å². The number of benzene rings is 1. The molecule has 0 unspecified atom stereocenters. The molecule has 1 aromatic carbocycles.